The van der Waals surface area contributed by atoms with Crippen molar-refractivity contribution >= 4 is 0 Å². The Labute approximate surface area is 63.4 Å². The molecule has 2 heteroatoms. The second-order valence-electron chi connectivity index (χ2n) is 3.43. The monoisotopic (exact) mass is 148 g/mol. The third-order valence-electron chi connectivity index (χ3n) is 1.81. The topological polar surface area (TPSA) is 0 Å². The maximum absolute atomic E-state index is 11.9. The van der Waals surface area contributed by atoms with Gasteiger partial charge in [0.2, 0.25) is 0 Å². The third kappa shape index (κ3) is 4.74. The van der Waals surface area contributed by atoms with E-state index in [1.54, 1.807) is 0 Å². The summed E-state index contributed by atoms with van der Waals surface area (Å²) in [5, 5.41) is 0. The molecular weight excluding hydrogens is 129 g/mol. The normalized spacial score (nSPS) is 12.0. The Morgan fingerprint density at radius 2 is 1.80 bits per heavy atom. The van der Waals surface area contributed by atoms with Crippen LogP contribution in [0.15, 0.2) is 0 Å². The van der Waals surface area contributed by atoms with Gasteiger partial charge in [-0.25, -0.2) is 4.39 Å². The summed E-state index contributed by atoms with van der Waals surface area (Å²) in [4.78, 5) is 0. The number of hydrogen-bond donors (Lipinski definition) is 0. The Morgan fingerprint density at radius 3 is 2.20 bits per heavy atom. The van der Waals surface area contributed by atoms with Crippen molar-refractivity contribution in [3.8, 4) is 0 Å². The van der Waals surface area contributed by atoms with Crippen molar-refractivity contribution in [2.24, 2.45) is 0 Å². The van der Waals surface area contributed by atoms with Crippen LogP contribution in [-0.2, 0) is 0 Å². The van der Waals surface area contributed by atoms with E-state index in [0.29, 0.717) is 6.54 Å². The van der Waals surface area contributed by atoms with E-state index in [-0.39, 0.29) is 6.67 Å². The lowest BCUT2D eigenvalue weighted by Gasteiger charge is -2.28. The van der Waals surface area contributed by atoms with Crippen LogP contribution in [-0.4, -0.2) is 38.3 Å². The van der Waals surface area contributed by atoms with Crippen molar-refractivity contribution in [2.45, 2.75) is 19.8 Å². The summed E-state index contributed by atoms with van der Waals surface area (Å²) in [7, 11) is 4.16. The van der Waals surface area contributed by atoms with Crippen LogP contribution in [0.5, 0.6) is 0 Å². The van der Waals surface area contributed by atoms with Gasteiger partial charge in [-0.3, -0.25) is 0 Å². The molecule has 0 bridgehead atoms. The highest BCUT2D eigenvalue weighted by Crippen LogP contribution is 2.00. The molecule has 0 spiro atoms. The average molecular weight is 148 g/mol. The van der Waals surface area contributed by atoms with Gasteiger partial charge in [-0.1, -0.05) is 13.3 Å². The predicted octanol–water partition coefficient (Wildman–Crippen LogP) is 1.83. The van der Waals surface area contributed by atoms with E-state index in [0.717, 1.165) is 11.0 Å². The van der Waals surface area contributed by atoms with E-state index < -0.39 is 0 Å². The Morgan fingerprint density at radius 1 is 1.20 bits per heavy atom. The first kappa shape index (κ1) is 9.89. The van der Waals surface area contributed by atoms with Crippen molar-refractivity contribution in [1.82, 2.24) is 0 Å². The average Bonchev–Trinajstić information content (AvgIpc) is 1.84. The minimum Gasteiger partial charge on any atom is -0.326 e. The molecule has 0 aliphatic carbocycles. The van der Waals surface area contributed by atoms with Gasteiger partial charge in [-0.2, -0.15) is 0 Å². The van der Waals surface area contributed by atoms with Gasteiger partial charge in [0.05, 0.1) is 20.6 Å². The minimum atomic E-state index is -0.198. The molecule has 10 heavy (non-hydrogen) atoms. The van der Waals surface area contributed by atoms with Crippen LogP contribution in [0.25, 0.3) is 0 Å². The van der Waals surface area contributed by atoms with Crippen LogP contribution in [0.2, 0.25) is 0 Å². The maximum atomic E-state index is 11.9. The summed E-state index contributed by atoms with van der Waals surface area (Å²) in [6.07, 6.45) is 2.40. The van der Waals surface area contributed by atoms with Crippen molar-refractivity contribution < 1.29 is 8.87 Å². The molecule has 0 aliphatic heterocycles. The van der Waals surface area contributed by atoms with Gasteiger partial charge in [0.15, 0.2) is 0 Å². The summed E-state index contributed by atoms with van der Waals surface area (Å²) in [6.45, 7) is 3.71. The molecule has 0 saturated carbocycles. The van der Waals surface area contributed by atoms with Crippen LogP contribution >= 0.6 is 0 Å². The summed E-state index contributed by atoms with van der Waals surface area (Å²) in [6, 6.07) is 0. The molecule has 1 nitrogen and oxygen atoms in total. The van der Waals surface area contributed by atoms with Crippen LogP contribution in [0.3, 0.4) is 0 Å². The number of hydrogen-bond acceptors (Lipinski definition) is 0. The SMILES string of the molecule is CCCC[N+](C)(C)CCF. The van der Waals surface area contributed by atoms with E-state index in [2.05, 4.69) is 21.0 Å². The highest BCUT2D eigenvalue weighted by atomic mass is 19.1. The molecule has 0 aromatic carbocycles. The molecule has 0 aromatic heterocycles. The standard InChI is InChI=1S/C8H19FN/c1-4-5-7-10(2,3)8-6-9/h4-8H2,1-3H3/q+1. The van der Waals surface area contributed by atoms with E-state index in [1.807, 2.05) is 0 Å². The number of quaternary nitrogens is 1. The van der Waals surface area contributed by atoms with Crippen molar-refractivity contribution in [1.29, 1.82) is 0 Å². The molecule has 0 saturated heterocycles. The van der Waals surface area contributed by atoms with Gasteiger partial charge in [-0.05, 0) is 6.42 Å². The van der Waals surface area contributed by atoms with Gasteiger partial charge in [-0.15, -0.1) is 0 Å². The van der Waals surface area contributed by atoms with Gasteiger partial charge >= 0.3 is 0 Å². The minimum absolute atomic E-state index is 0.198. The van der Waals surface area contributed by atoms with Crippen LogP contribution in [0.4, 0.5) is 4.39 Å². The molecule has 0 fully saturated rings. The zero-order valence-corrected chi connectivity index (χ0v) is 7.36. The summed E-state index contributed by atoms with van der Waals surface area (Å²) in [5.41, 5.74) is 0. The second-order valence-corrected chi connectivity index (χ2v) is 3.43. The number of rotatable bonds is 5. The first-order chi connectivity index (χ1) is 4.62. The predicted molar refractivity (Wildman–Crippen MR) is 42.7 cm³/mol. The number of unbranched alkanes of at least 4 members (excludes halogenated alkanes) is 1. The lowest BCUT2D eigenvalue weighted by molar-refractivity contribution is -0.890. The molecule has 0 aliphatic rings. The molecule has 62 valence electrons. The van der Waals surface area contributed by atoms with E-state index in [4.69, 9.17) is 0 Å². The summed E-state index contributed by atoms with van der Waals surface area (Å²) in [5.74, 6) is 0. The second kappa shape index (κ2) is 4.67. The number of alkyl halides is 1. The fourth-order valence-corrected chi connectivity index (χ4v) is 0.927. The van der Waals surface area contributed by atoms with E-state index in [1.165, 1.54) is 12.8 Å². The first-order valence-corrected chi connectivity index (χ1v) is 4.00. The van der Waals surface area contributed by atoms with Gasteiger partial charge in [0.1, 0.15) is 13.2 Å². The van der Waals surface area contributed by atoms with Crippen LogP contribution in [0, 0.1) is 0 Å². The van der Waals surface area contributed by atoms with E-state index in [9.17, 15) is 4.39 Å². The summed E-state index contributed by atoms with van der Waals surface area (Å²) >= 11 is 0. The number of halogens is 1. The van der Waals surface area contributed by atoms with Gasteiger partial charge in [0, 0.05) is 0 Å². The zero-order valence-electron chi connectivity index (χ0n) is 7.36. The zero-order chi connectivity index (χ0) is 8.04. The van der Waals surface area contributed by atoms with E-state index >= 15 is 0 Å². The van der Waals surface area contributed by atoms with Crippen LogP contribution < -0.4 is 0 Å². The molecule has 0 unspecified atom stereocenters. The molecule has 0 rings (SSSR count). The molecule has 0 radical (unpaired) electrons. The van der Waals surface area contributed by atoms with Crippen molar-refractivity contribution in [3.63, 3.8) is 0 Å². The first-order valence-electron chi connectivity index (χ1n) is 4.00. The van der Waals surface area contributed by atoms with Gasteiger partial charge in [0.25, 0.3) is 0 Å². The quantitative estimate of drug-likeness (QED) is 0.522. The molecule has 0 amide bonds. The molecule has 0 atom stereocenters. The largest absolute Gasteiger partial charge is 0.326 e. The highest BCUT2D eigenvalue weighted by Gasteiger charge is 2.12. The Bertz CT molecular complexity index is 81.3. The lowest BCUT2D eigenvalue weighted by atomic mass is 10.3. The molecule has 0 aromatic rings. The van der Waals surface area contributed by atoms with Crippen molar-refractivity contribution in [3.05, 3.63) is 0 Å². The Balaban J connectivity index is 3.42. The molecule has 0 N–H and O–H groups in total. The highest BCUT2D eigenvalue weighted by molar-refractivity contribution is 4.34. The van der Waals surface area contributed by atoms with Gasteiger partial charge < -0.3 is 4.48 Å². The number of nitrogens with zero attached hydrogens (tertiary/aromatic N) is 1. The maximum Gasteiger partial charge on any atom is 0.138 e. The smallest absolute Gasteiger partial charge is 0.138 e. The lowest BCUT2D eigenvalue weighted by Crippen LogP contribution is -2.41. The summed E-state index contributed by atoms with van der Waals surface area (Å²) < 4.78 is 12.7. The van der Waals surface area contributed by atoms with Crippen LogP contribution in [0.1, 0.15) is 19.8 Å². The Kier molecular flexibility index (Phi) is 4.62. The fraction of sp³-hybridized carbons (Fsp3) is 1.00. The third-order valence-corrected chi connectivity index (χ3v) is 1.81. The molecule has 0 heterocycles. The molecular formula is C8H19FN+. The van der Waals surface area contributed by atoms with Crippen molar-refractivity contribution in [2.75, 3.05) is 33.9 Å². The Hall–Kier alpha value is -0.110. The fourth-order valence-electron chi connectivity index (χ4n) is 0.927.